The number of hydrogen-bond acceptors (Lipinski definition) is 3. The summed E-state index contributed by atoms with van der Waals surface area (Å²) in [6.07, 6.45) is 5.04. The Morgan fingerprint density at radius 2 is 2.00 bits per heavy atom. The summed E-state index contributed by atoms with van der Waals surface area (Å²) >= 11 is 0. The SMILES string of the molecule is CCCN(CCCOc1ccc(C#N)cc1)C1CC1. The predicted octanol–water partition coefficient (Wildman–Crippen LogP) is 3.20. The second-order valence-corrected chi connectivity index (χ2v) is 5.11. The molecular weight excluding hydrogens is 236 g/mol. The van der Waals surface area contributed by atoms with E-state index < -0.39 is 0 Å². The first kappa shape index (κ1) is 13.9. The normalized spacial score (nSPS) is 14.4. The molecule has 0 unspecified atom stereocenters. The fourth-order valence-corrected chi connectivity index (χ4v) is 2.29. The van der Waals surface area contributed by atoms with Crippen LogP contribution in [-0.2, 0) is 0 Å². The minimum Gasteiger partial charge on any atom is -0.494 e. The molecule has 1 aliphatic carbocycles. The third kappa shape index (κ3) is 4.57. The summed E-state index contributed by atoms with van der Waals surface area (Å²) in [5.74, 6) is 0.854. The molecule has 0 radical (unpaired) electrons. The molecule has 1 aromatic rings. The van der Waals surface area contributed by atoms with Crippen LogP contribution in [0.3, 0.4) is 0 Å². The molecule has 1 aromatic carbocycles. The van der Waals surface area contributed by atoms with Gasteiger partial charge in [0.2, 0.25) is 0 Å². The number of nitrogens with zero attached hydrogens (tertiary/aromatic N) is 2. The molecule has 102 valence electrons. The molecule has 0 aromatic heterocycles. The molecule has 1 aliphatic rings. The number of benzene rings is 1. The van der Waals surface area contributed by atoms with E-state index in [2.05, 4.69) is 17.9 Å². The quantitative estimate of drug-likeness (QED) is 0.672. The first-order chi connectivity index (χ1) is 9.33. The van der Waals surface area contributed by atoms with E-state index in [1.165, 1.54) is 25.8 Å². The van der Waals surface area contributed by atoms with E-state index in [0.717, 1.165) is 31.4 Å². The molecule has 0 bridgehead atoms. The lowest BCUT2D eigenvalue weighted by Crippen LogP contribution is -2.28. The molecule has 0 N–H and O–H groups in total. The van der Waals surface area contributed by atoms with E-state index in [0.29, 0.717) is 5.56 Å². The molecule has 19 heavy (non-hydrogen) atoms. The van der Waals surface area contributed by atoms with Crippen LogP contribution in [0.25, 0.3) is 0 Å². The average molecular weight is 258 g/mol. The van der Waals surface area contributed by atoms with Gasteiger partial charge in [-0.15, -0.1) is 0 Å². The van der Waals surface area contributed by atoms with E-state index >= 15 is 0 Å². The van der Waals surface area contributed by atoms with Crippen molar-refractivity contribution >= 4 is 0 Å². The summed E-state index contributed by atoms with van der Waals surface area (Å²) in [4.78, 5) is 2.59. The van der Waals surface area contributed by atoms with Crippen molar-refractivity contribution in [1.82, 2.24) is 4.90 Å². The lowest BCUT2D eigenvalue weighted by Gasteiger charge is -2.21. The predicted molar refractivity (Wildman–Crippen MR) is 76.2 cm³/mol. The Hall–Kier alpha value is -1.53. The van der Waals surface area contributed by atoms with Crippen LogP contribution < -0.4 is 4.74 Å². The second kappa shape index (κ2) is 7.16. The van der Waals surface area contributed by atoms with Crippen LogP contribution in [0.4, 0.5) is 0 Å². The molecular formula is C16H22N2O. The maximum absolute atomic E-state index is 8.72. The van der Waals surface area contributed by atoms with Gasteiger partial charge in [-0.1, -0.05) is 6.92 Å². The molecule has 0 aliphatic heterocycles. The summed E-state index contributed by atoms with van der Waals surface area (Å²) in [5.41, 5.74) is 0.676. The lowest BCUT2D eigenvalue weighted by atomic mass is 10.2. The Kier molecular flexibility index (Phi) is 5.23. The first-order valence-corrected chi connectivity index (χ1v) is 7.20. The number of nitriles is 1. The van der Waals surface area contributed by atoms with Gasteiger partial charge in [-0.3, -0.25) is 0 Å². The van der Waals surface area contributed by atoms with Crippen molar-refractivity contribution in [3.63, 3.8) is 0 Å². The molecule has 0 amide bonds. The molecule has 0 saturated heterocycles. The van der Waals surface area contributed by atoms with Crippen molar-refractivity contribution in [3.8, 4) is 11.8 Å². The minimum atomic E-state index is 0.676. The molecule has 0 atom stereocenters. The van der Waals surface area contributed by atoms with Gasteiger partial charge in [0.1, 0.15) is 5.75 Å². The maximum Gasteiger partial charge on any atom is 0.119 e. The number of hydrogen-bond donors (Lipinski definition) is 0. The van der Waals surface area contributed by atoms with Crippen LogP contribution in [0.15, 0.2) is 24.3 Å². The van der Waals surface area contributed by atoms with E-state index in [1.807, 2.05) is 12.1 Å². The summed E-state index contributed by atoms with van der Waals surface area (Å²) in [5, 5.41) is 8.72. The van der Waals surface area contributed by atoms with Crippen molar-refractivity contribution in [2.24, 2.45) is 0 Å². The summed E-state index contributed by atoms with van der Waals surface area (Å²) in [6, 6.07) is 10.3. The first-order valence-electron chi connectivity index (χ1n) is 7.20. The Balaban J connectivity index is 1.66. The van der Waals surface area contributed by atoms with Gasteiger partial charge in [-0.05, 0) is 56.5 Å². The van der Waals surface area contributed by atoms with Gasteiger partial charge in [-0.2, -0.15) is 5.26 Å². The van der Waals surface area contributed by atoms with Crippen molar-refractivity contribution in [1.29, 1.82) is 5.26 Å². The highest BCUT2D eigenvalue weighted by molar-refractivity contribution is 5.34. The molecule has 0 spiro atoms. The number of rotatable bonds is 8. The second-order valence-electron chi connectivity index (χ2n) is 5.11. The van der Waals surface area contributed by atoms with Gasteiger partial charge in [-0.25, -0.2) is 0 Å². The fraction of sp³-hybridized carbons (Fsp3) is 0.562. The van der Waals surface area contributed by atoms with Crippen LogP contribution in [0.5, 0.6) is 5.75 Å². The van der Waals surface area contributed by atoms with E-state index in [4.69, 9.17) is 10.00 Å². The van der Waals surface area contributed by atoms with Crippen LogP contribution in [0, 0.1) is 11.3 Å². The van der Waals surface area contributed by atoms with Crippen molar-refractivity contribution < 1.29 is 4.74 Å². The largest absolute Gasteiger partial charge is 0.494 e. The van der Waals surface area contributed by atoms with Crippen molar-refractivity contribution in [3.05, 3.63) is 29.8 Å². The topological polar surface area (TPSA) is 36.3 Å². The van der Waals surface area contributed by atoms with Crippen molar-refractivity contribution in [2.45, 2.75) is 38.6 Å². The maximum atomic E-state index is 8.72. The Bertz CT molecular complexity index is 417. The van der Waals surface area contributed by atoms with Crippen molar-refractivity contribution in [2.75, 3.05) is 19.7 Å². The fourth-order valence-electron chi connectivity index (χ4n) is 2.29. The Labute approximate surface area is 115 Å². The molecule has 0 heterocycles. The van der Waals surface area contributed by atoms with Crippen LogP contribution in [0.1, 0.15) is 38.2 Å². The molecule has 2 rings (SSSR count). The molecule has 3 heteroatoms. The number of ether oxygens (including phenoxy) is 1. The molecule has 1 fully saturated rings. The Morgan fingerprint density at radius 1 is 1.26 bits per heavy atom. The average Bonchev–Trinajstić information content (AvgIpc) is 3.27. The molecule has 3 nitrogen and oxygen atoms in total. The van der Waals surface area contributed by atoms with Gasteiger partial charge in [0.15, 0.2) is 0 Å². The zero-order chi connectivity index (χ0) is 13.5. The van der Waals surface area contributed by atoms with Gasteiger partial charge >= 0.3 is 0 Å². The van der Waals surface area contributed by atoms with Gasteiger partial charge in [0.25, 0.3) is 0 Å². The standard InChI is InChI=1S/C16H22N2O/c1-2-10-18(15-6-7-15)11-3-12-19-16-8-4-14(13-17)5-9-16/h4-5,8-9,15H,2-3,6-7,10-12H2,1H3. The van der Waals surface area contributed by atoms with Gasteiger partial charge < -0.3 is 9.64 Å². The van der Waals surface area contributed by atoms with Crippen LogP contribution in [-0.4, -0.2) is 30.6 Å². The third-order valence-corrected chi connectivity index (χ3v) is 3.42. The monoisotopic (exact) mass is 258 g/mol. The van der Waals surface area contributed by atoms with E-state index in [1.54, 1.807) is 12.1 Å². The highest BCUT2D eigenvalue weighted by atomic mass is 16.5. The lowest BCUT2D eigenvalue weighted by molar-refractivity contribution is 0.227. The Morgan fingerprint density at radius 3 is 2.58 bits per heavy atom. The molecule has 1 saturated carbocycles. The van der Waals surface area contributed by atoms with Crippen LogP contribution >= 0.6 is 0 Å². The van der Waals surface area contributed by atoms with Gasteiger partial charge in [0, 0.05) is 12.6 Å². The highest BCUT2D eigenvalue weighted by Gasteiger charge is 2.27. The van der Waals surface area contributed by atoms with Crippen LogP contribution in [0.2, 0.25) is 0 Å². The third-order valence-electron chi connectivity index (χ3n) is 3.42. The summed E-state index contributed by atoms with van der Waals surface area (Å²) in [7, 11) is 0. The summed E-state index contributed by atoms with van der Waals surface area (Å²) < 4.78 is 5.70. The zero-order valence-corrected chi connectivity index (χ0v) is 11.6. The summed E-state index contributed by atoms with van der Waals surface area (Å²) in [6.45, 7) is 5.33. The highest BCUT2D eigenvalue weighted by Crippen LogP contribution is 2.26. The zero-order valence-electron chi connectivity index (χ0n) is 11.6. The van der Waals surface area contributed by atoms with E-state index in [9.17, 15) is 0 Å². The van der Waals surface area contributed by atoms with E-state index in [-0.39, 0.29) is 0 Å². The smallest absolute Gasteiger partial charge is 0.119 e. The van der Waals surface area contributed by atoms with Gasteiger partial charge in [0.05, 0.1) is 18.2 Å². The minimum absolute atomic E-state index is 0.676.